The van der Waals surface area contributed by atoms with E-state index < -0.39 is 0 Å². The van der Waals surface area contributed by atoms with Crippen molar-refractivity contribution in [3.8, 4) is 0 Å². The lowest BCUT2D eigenvalue weighted by Gasteiger charge is -2.14. The van der Waals surface area contributed by atoms with E-state index in [4.69, 9.17) is 5.73 Å². The zero-order chi connectivity index (χ0) is 9.97. The maximum atomic E-state index is 11.5. The van der Waals surface area contributed by atoms with Crippen LogP contribution in [0.5, 0.6) is 0 Å². The van der Waals surface area contributed by atoms with E-state index in [1.54, 1.807) is 16.8 Å². The molecule has 76 valence electrons. The standard InChI is InChI=1S/C9H13N3OS/c10-2-7-1-9(13)12(4-7)5-8-3-11-6-14-8/h3,6-7H,1-2,4-5,10H2. The molecule has 1 aliphatic heterocycles. The van der Waals surface area contributed by atoms with Crippen molar-refractivity contribution in [3.05, 3.63) is 16.6 Å². The highest BCUT2D eigenvalue weighted by Crippen LogP contribution is 2.20. The van der Waals surface area contributed by atoms with Crippen LogP contribution in [0, 0.1) is 5.92 Å². The van der Waals surface area contributed by atoms with Crippen LogP contribution in [0.15, 0.2) is 11.7 Å². The Labute approximate surface area is 86.7 Å². The lowest BCUT2D eigenvalue weighted by molar-refractivity contribution is -0.128. The van der Waals surface area contributed by atoms with E-state index in [1.807, 2.05) is 11.1 Å². The summed E-state index contributed by atoms with van der Waals surface area (Å²) >= 11 is 1.58. The monoisotopic (exact) mass is 211 g/mol. The van der Waals surface area contributed by atoms with E-state index in [2.05, 4.69) is 4.98 Å². The van der Waals surface area contributed by atoms with Gasteiger partial charge in [-0.1, -0.05) is 0 Å². The molecule has 5 heteroatoms. The zero-order valence-electron chi connectivity index (χ0n) is 7.85. The van der Waals surface area contributed by atoms with Crippen LogP contribution >= 0.6 is 11.3 Å². The number of aromatic nitrogens is 1. The first-order chi connectivity index (χ1) is 6.79. The largest absolute Gasteiger partial charge is 0.337 e. The minimum Gasteiger partial charge on any atom is -0.337 e. The molecule has 2 rings (SSSR count). The Bertz CT molecular complexity index is 312. The van der Waals surface area contributed by atoms with Gasteiger partial charge in [-0.2, -0.15) is 0 Å². The summed E-state index contributed by atoms with van der Waals surface area (Å²) in [5, 5.41) is 0. The Morgan fingerprint density at radius 2 is 2.57 bits per heavy atom. The summed E-state index contributed by atoms with van der Waals surface area (Å²) in [6.45, 7) is 2.10. The number of nitrogens with two attached hydrogens (primary N) is 1. The smallest absolute Gasteiger partial charge is 0.223 e. The van der Waals surface area contributed by atoms with E-state index in [1.165, 1.54) is 0 Å². The normalized spacial score (nSPS) is 21.9. The van der Waals surface area contributed by atoms with Crippen molar-refractivity contribution in [2.24, 2.45) is 11.7 Å². The van der Waals surface area contributed by atoms with Gasteiger partial charge in [0.1, 0.15) is 0 Å². The van der Waals surface area contributed by atoms with Crippen LogP contribution in [0.25, 0.3) is 0 Å². The molecule has 14 heavy (non-hydrogen) atoms. The number of hydrogen-bond donors (Lipinski definition) is 1. The predicted octanol–water partition coefficient (Wildman–Crippen LogP) is 0.450. The number of carbonyl (C=O) groups excluding carboxylic acids is 1. The third-order valence-corrected chi connectivity index (χ3v) is 3.22. The van der Waals surface area contributed by atoms with E-state index in [9.17, 15) is 4.79 Å². The quantitative estimate of drug-likeness (QED) is 0.789. The summed E-state index contributed by atoms with van der Waals surface area (Å²) < 4.78 is 0. The number of hydrogen-bond acceptors (Lipinski definition) is 4. The molecule has 4 nitrogen and oxygen atoms in total. The van der Waals surface area contributed by atoms with Gasteiger partial charge in [0, 0.05) is 24.0 Å². The van der Waals surface area contributed by atoms with Crippen LogP contribution in [-0.2, 0) is 11.3 Å². The number of carbonyl (C=O) groups is 1. The topological polar surface area (TPSA) is 59.2 Å². The van der Waals surface area contributed by atoms with Crippen molar-refractivity contribution < 1.29 is 4.79 Å². The fraction of sp³-hybridized carbons (Fsp3) is 0.556. The highest BCUT2D eigenvalue weighted by Gasteiger charge is 2.28. The van der Waals surface area contributed by atoms with Gasteiger partial charge in [-0.3, -0.25) is 9.78 Å². The van der Waals surface area contributed by atoms with Crippen LogP contribution in [-0.4, -0.2) is 28.9 Å². The van der Waals surface area contributed by atoms with Gasteiger partial charge in [0.2, 0.25) is 5.91 Å². The van der Waals surface area contributed by atoms with Gasteiger partial charge in [-0.25, -0.2) is 0 Å². The number of rotatable bonds is 3. The second-order valence-corrected chi connectivity index (χ2v) is 4.52. The van der Waals surface area contributed by atoms with Crippen LogP contribution in [0.3, 0.4) is 0 Å². The molecule has 1 aliphatic rings. The molecule has 0 bridgehead atoms. The van der Waals surface area contributed by atoms with Gasteiger partial charge in [-0.05, 0) is 12.5 Å². The summed E-state index contributed by atoms with van der Waals surface area (Å²) in [4.78, 5) is 18.5. The number of nitrogens with zero attached hydrogens (tertiary/aromatic N) is 2. The van der Waals surface area contributed by atoms with Crippen LogP contribution in [0.2, 0.25) is 0 Å². The second-order valence-electron chi connectivity index (χ2n) is 3.55. The van der Waals surface area contributed by atoms with Gasteiger partial charge in [0.25, 0.3) is 0 Å². The van der Waals surface area contributed by atoms with E-state index in [-0.39, 0.29) is 5.91 Å². The maximum Gasteiger partial charge on any atom is 0.223 e. The molecule has 1 amide bonds. The lowest BCUT2D eigenvalue weighted by Crippen LogP contribution is -2.25. The molecule has 1 atom stereocenters. The molecular formula is C9H13N3OS. The van der Waals surface area contributed by atoms with Gasteiger partial charge >= 0.3 is 0 Å². The van der Waals surface area contributed by atoms with Gasteiger partial charge < -0.3 is 10.6 Å². The summed E-state index contributed by atoms with van der Waals surface area (Å²) in [6, 6.07) is 0. The molecule has 0 aromatic carbocycles. The first-order valence-electron chi connectivity index (χ1n) is 4.65. The Balaban J connectivity index is 1.96. The van der Waals surface area contributed by atoms with Gasteiger partial charge in [-0.15, -0.1) is 11.3 Å². The van der Waals surface area contributed by atoms with Crippen LogP contribution in [0.4, 0.5) is 0 Å². The number of amides is 1. The molecule has 0 radical (unpaired) electrons. The average Bonchev–Trinajstić information content (AvgIpc) is 2.78. The summed E-state index contributed by atoms with van der Waals surface area (Å²) in [7, 11) is 0. The molecule has 0 aliphatic carbocycles. The fourth-order valence-electron chi connectivity index (χ4n) is 1.67. The van der Waals surface area contributed by atoms with Crippen molar-refractivity contribution in [2.75, 3.05) is 13.1 Å². The average molecular weight is 211 g/mol. The van der Waals surface area contributed by atoms with E-state index in [0.717, 1.165) is 11.4 Å². The first-order valence-corrected chi connectivity index (χ1v) is 5.52. The molecule has 0 spiro atoms. The van der Waals surface area contributed by atoms with Gasteiger partial charge in [0.15, 0.2) is 0 Å². The van der Waals surface area contributed by atoms with E-state index in [0.29, 0.717) is 25.4 Å². The van der Waals surface area contributed by atoms with Crippen molar-refractivity contribution in [3.63, 3.8) is 0 Å². The molecule has 2 N–H and O–H groups in total. The Morgan fingerprint density at radius 1 is 1.71 bits per heavy atom. The minimum absolute atomic E-state index is 0.217. The fourth-order valence-corrected chi connectivity index (χ4v) is 2.28. The maximum absolute atomic E-state index is 11.5. The summed E-state index contributed by atoms with van der Waals surface area (Å²) in [5.41, 5.74) is 7.33. The first kappa shape index (κ1) is 9.61. The molecular weight excluding hydrogens is 198 g/mol. The zero-order valence-corrected chi connectivity index (χ0v) is 8.67. The summed E-state index contributed by atoms with van der Waals surface area (Å²) in [6.07, 6.45) is 2.42. The van der Waals surface area contributed by atoms with Crippen molar-refractivity contribution in [1.82, 2.24) is 9.88 Å². The second kappa shape index (κ2) is 4.06. The molecule has 2 heterocycles. The van der Waals surface area contributed by atoms with Crippen LogP contribution in [0.1, 0.15) is 11.3 Å². The molecule has 1 unspecified atom stereocenters. The summed E-state index contributed by atoms with van der Waals surface area (Å²) in [5.74, 6) is 0.560. The number of likely N-dealkylation sites (tertiary alicyclic amines) is 1. The molecule has 1 fully saturated rings. The van der Waals surface area contributed by atoms with E-state index >= 15 is 0 Å². The molecule has 0 saturated carbocycles. The van der Waals surface area contributed by atoms with Crippen molar-refractivity contribution >= 4 is 17.2 Å². The van der Waals surface area contributed by atoms with Crippen molar-refractivity contribution in [1.29, 1.82) is 0 Å². The molecule has 1 aromatic heterocycles. The Morgan fingerprint density at radius 3 is 3.14 bits per heavy atom. The highest BCUT2D eigenvalue weighted by atomic mass is 32.1. The Hall–Kier alpha value is -0.940. The highest BCUT2D eigenvalue weighted by molar-refractivity contribution is 7.09. The Kier molecular flexibility index (Phi) is 2.79. The predicted molar refractivity (Wildman–Crippen MR) is 54.7 cm³/mol. The van der Waals surface area contributed by atoms with Gasteiger partial charge in [0.05, 0.1) is 12.1 Å². The molecule has 1 saturated heterocycles. The van der Waals surface area contributed by atoms with Crippen LogP contribution < -0.4 is 5.73 Å². The number of thiazole rings is 1. The lowest BCUT2D eigenvalue weighted by atomic mass is 10.1. The minimum atomic E-state index is 0.217. The molecule has 1 aromatic rings. The van der Waals surface area contributed by atoms with Crippen molar-refractivity contribution in [2.45, 2.75) is 13.0 Å². The third-order valence-electron chi connectivity index (χ3n) is 2.46. The third kappa shape index (κ3) is 1.93. The SMILES string of the molecule is NCC1CC(=O)N(Cc2cncs2)C1.